The molecule has 7 heteroatoms. The lowest BCUT2D eigenvalue weighted by atomic mass is 10.3. The topological polar surface area (TPSA) is 73.8 Å². The summed E-state index contributed by atoms with van der Waals surface area (Å²) in [5.41, 5.74) is 0.732. The first-order valence-corrected chi connectivity index (χ1v) is 4.95. The van der Waals surface area contributed by atoms with E-state index in [1.807, 2.05) is 0 Å². The molecule has 6 nitrogen and oxygen atoms in total. The average molecular weight is 239 g/mol. The van der Waals surface area contributed by atoms with E-state index in [1.165, 1.54) is 23.1 Å². The molecule has 1 heterocycles. The van der Waals surface area contributed by atoms with Crippen LogP contribution in [0.1, 0.15) is 5.82 Å². The minimum absolute atomic E-state index is 0.0382. The monoisotopic (exact) mass is 238 g/mol. The molecule has 2 aromatic rings. The molecule has 1 aromatic carbocycles. The molecule has 0 amide bonds. The zero-order valence-electron chi connectivity index (χ0n) is 8.08. The van der Waals surface area contributed by atoms with E-state index < -0.39 is 4.92 Å². The quantitative estimate of drug-likeness (QED) is 0.465. The number of aromatic nitrogens is 3. The predicted octanol–water partition coefficient (Wildman–Crippen LogP) is 1.91. The molecule has 2 rings (SSSR count). The summed E-state index contributed by atoms with van der Waals surface area (Å²) in [6.07, 6.45) is 1.39. The maximum Gasteiger partial charge on any atom is 0.269 e. The molecular weight excluding hydrogens is 232 g/mol. The van der Waals surface area contributed by atoms with Crippen molar-refractivity contribution >= 4 is 17.3 Å². The zero-order valence-corrected chi connectivity index (χ0v) is 8.83. The third kappa shape index (κ3) is 1.87. The highest BCUT2D eigenvalue weighted by Crippen LogP contribution is 2.15. The summed E-state index contributed by atoms with van der Waals surface area (Å²) < 4.78 is 1.54. The van der Waals surface area contributed by atoms with Gasteiger partial charge in [0.1, 0.15) is 12.2 Å². The van der Waals surface area contributed by atoms with E-state index in [-0.39, 0.29) is 11.6 Å². The Balaban J connectivity index is 2.38. The number of alkyl halides is 1. The standard InChI is InChI=1S/C9H7ClN4O2/c10-5-9-11-6-12-13(9)7-1-3-8(4-2-7)14(15)16/h1-4,6H,5H2. The molecule has 0 saturated heterocycles. The van der Waals surface area contributed by atoms with Gasteiger partial charge in [0.15, 0.2) is 0 Å². The van der Waals surface area contributed by atoms with E-state index in [0.717, 1.165) is 0 Å². The largest absolute Gasteiger partial charge is 0.269 e. The second kappa shape index (κ2) is 4.28. The Hall–Kier alpha value is -1.95. The number of non-ortho nitro benzene ring substituents is 1. The molecular formula is C9H7ClN4O2. The second-order valence-corrected chi connectivity index (χ2v) is 3.26. The first-order chi connectivity index (χ1) is 7.72. The lowest BCUT2D eigenvalue weighted by Gasteiger charge is -2.02. The van der Waals surface area contributed by atoms with Gasteiger partial charge in [-0.2, -0.15) is 5.10 Å². The Bertz CT molecular complexity index is 508. The summed E-state index contributed by atoms with van der Waals surface area (Å²) in [7, 11) is 0. The highest BCUT2D eigenvalue weighted by molar-refractivity contribution is 6.16. The zero-order chi connectivity index (χ0) is 11.5. The van der Waals surface area contributed by atoms with E-state index in [2.05, 4.69) is 10.1 Å². The van der Waals surface area contributed by atoms with E-state index in [4.69, 9.17) is 11.6 Å². The van der Waals surface area contributed by atoms with Crippen LogP contribution in [0.2, 0.25) is 0 Å². The van der Waals surface area contributed by atoms with Crippen LogP contribution in [0.4, 0.5) is 5.69 Å². The van der Waals surface area contributed by atoms with Crippen LogP contribution in [0.25, 0.3) is 5.69 Å². The normalized spacial score (nSPS) is 10.3. The van der Waals surface area contributed by atoms with Crippen molar-refractivity contribution in [2.24, 2.45) is 0 Å². The molecule has 0 atom stereocenters. The first kappa shape index (κ1) is 10.6. The molecule has 0 N–H and O–H groups in total. The van der Waals surface area contributed by atoms with Gasteiger partial charge in [-0.1, -0.05) is 0 Å². The molecule has 16 heavy (non-hydrogen) atoms. The number of hydrogen-bond donors (Lipinski definition) is 0. The fourth-order valence-electron chi connectivity index (χ4n) is 1.29. The fourth-order valence-corrected chi connectivity index (χ4v) is 1.47. The van der Waals surface area contributed by atoms with Crippen LogP contribution in [0.5, 0.6) is 0 Å². The SMILES string of the molecule is O=[N+]([O-])c1ccc(-n2ncnc2CCl)cc1. The summed E-state index contributed by atoms with van der Waals surface area (Å²) in [4.78, 5) is 14.0. The second-order valence-electron chi connectivity index (χ2n) is 3.00. The van der Waals surface area contributed by atoms with Gasteiger partial charge in [-0.05, 0) is 12.1 Å². The number of halogens is 1. The van der Waals surface area contributed by atoms with Crippen LogP contribution in [-0.4, -0.2) is 19.7 Å². The third-order valence-electron chi connectivity index (χ3n) is 2.04. The minimum atomic E-state index is -0.451. The molecule has 82 valence electrons. The number of nitrogens with zero attached hydrogens (tertiary/aromatic N) is 4. The summed E-state index contributed by atoms with van der Waals surface area (Å²) in [6, 6.07) is 6.02. The molecule has 0 aliphatic rings. The van der Waals surface area contributed by atoms with Crippen molar-refractivity contribution < 1.29 is 4.92 Å². The molecule has 0 saturated carbocycles. The van der Waals surface area contributed by atoms with Gasteiger partial charge in [0, 0.05) is 12.1 Å². The number of benzene rings is 1. The maximum atomic E-state index is 10.5. The summed E-state index contributed by atoms with van der Waals surface area (Å²) in [5, 5.41) is 14.5. The average Bonchev–Trinajstić information content (AvgIpc) is 2.77. The van der Waals surface area contributed by atoms with Crippen molar-refractivity contribution in [2.75, 3.05) is 0 Å². The number of nitro groups is 1. The molecule has 0 aliphatic heterocycles. The van der Waals surface area contributed by atoms with Crippen LogP contribution in [-0.2, 0) is 5.88 Å². The number of hydrogen-bond acceptors (Lipinski definition) is 4. The van der Waals surface area contributed by atoms with Crippen molar-refractivity contribution in [2.45, 2.75) is 5.88 Å². The third-order valence-corrected chi connectivity index (χ3v) is 2.28. The summed E-state index contributed by atoms with van der Waals surface area (Å²) >= 11 is 5.67. The highest BCUT2D eigenvalue weighted by Gasteiger charge is 2.08. The smallest absolute Gasteiger partial charge is 0.258 e. The van der Waals surface area contributed by atoms with Crippen molar-refractivity contribution in [3.8, 4) is 5.69 Å². The first-order valence-electron chi connectivity index (χ1n) is 4.42. The number of rotatable bonds is 3. The Morgan fingerprint density at radius 2 is 2.06 bits per heavy atom. The molecule has 0 unspecified atom stereocenters. The molecule has 0 radical (unpaired) electrons. The van der Waals surface area contributed by atoms with Gasteiger partial charge in [-0.25, -0.2) is 9.67 Å². The van der Waals surface area contributed by atoms with E-state index in [9.17, 15) is 10.1 Å². The van der Waals surface area contributed by atoms with Gasteiger partial charge < -0.3 is 0 Å². The van der Waals surface area contributed by atoms with Gasteiger partial charge in [0.05, 0.1) is 16.5 Å². The van der Waals surface area contributed by atoms with Crippen LogP contribution in [0, 0.1) is 10.1 Å². The van der Waals surface area contributed by atoms with Crippen molar-refractivity contribution in [1.82, 2.24) is 14.8 Å². The van der Waals surface area contributed by atoms with Crippen LogP contribution in [0.15, 0.2) is 30.6 Å². The van der Waals surface area contributed by atoms with Gasteiger partial charge in [0.2, 0.25) is 0 Å². The minimum Gasteiger partial charge on any atom is -0.258 e. The Morgan fingerprint density at radius 1 is 1.38 bits per heavy atom. The predicted molar refractivity (Wildman–Crippen MR) is 57.6 cm³/mol. The molecule has 0 bridgehead atoms. The van der Waals surface area contributed by atoms with Gasteiger partial charge in [-0.15, -0.1) is 11.6 Å². The van der Waals surface area contributed by atoms with Crippen LogP contribution in [0.3, 0.4) is 0 Å². The molecule has 1 aromatic heterocycles. The Labute approximate surface area is 95.6 Å². The van der Waals surface area contributed by atoms with Crippen molar-refractivity contribution in [3.05, 3.63) is 46.5 Å². The molecule has 0 spiro atoms. The number of nitro benzene ring substituents is 1. The van der Waals surface area contributed by atoms with E-state index in [1.54, 1.807) is 12.1 Å². The van der Waals surface area contributed by atoms with Gasteiger partial charge in [-0.3, -0.25) is 10.1 Å². The van der Waals surface area contributed by atoms with Crippen molar-refractivity contribution in [1.29, 1.82) is 0 Å². The van der Waals surface area contributed by atoms with E-state index >= 15 is 0 Å². The molecule has 0 fully saturated rings. The fraction of sp³-hybridized carbons (Fsp3) is 0.111. The van der Waals surface area contributed by atoms with Gasteiger partial charge >= 0.3 is 0 Å². The maximum absolute atomic E-state index is 10.5. The highest BCUT2D eigenvalue weighted by atomic mass is 35.5. The van der Waals surface area contributed by atoms with Gasteiger partial charge in [0.25, 0.3) is 5.69 Å². The van der Waals surface area contributed by atoms with Crippen molar-refractivity contribution in [3.63, 3.8) is 0 Å². The van der Waals surface area contributed by atoms with Crippen LogP contribution >= 0.6 is 11.6 Å². The lowest BCUT2D eigenvalue weighted by molar-refractivity contribution is -0.384. The summed E-state index contributed by atoms with van der Waals surface area (Å²) in [5.74, 6) is 0.826. The Morgan fingerprint density at radius 3 is 2.62 bits per heavy atom. The Kier molecular flexibility index (Phi) is 2.82. The lowest BCUT2D eigenvalue weighted by Crippen LogP contribution is -2.01. The van der Waals surface area contributed by atoms with Crippen LogP contribution < -0.4 is 0 Å². The van der Waals surface area contributed by atoms with E-state index in [0.29, 0.717) is 11.5 Å². The molecule has 0 aliphatic carbocycles. The summed E-state index contributed by atoms with van der Waals surface area (Å²) in [6.45, 7) is 0.